The molecule has 0 unspecified atom stereocenters. The Bertz CT molecular complexity index is 625. The Kier molecular flexibility index (Phi) is 5.77. The summed E-state index contributed by atoms with van der Waals surface area (Å²) in [6.07, 6.45) is -0.0970. The van der Waals surface area contributed by atoms with Crippen LogP contribution in [0, 0.1) is 0 Å². The van der Waals surface area contributed by atoms with E-state index in [9.17, 15) is 9.59 Å². The molecule has 130 valence electrons. The van der Waals surface area contributed by atoms with Crippen LogP contribution in [-0.2, 0) is 20.9 Å². The van der Waals surface area contributed by atoms with Crippen LogP contribution in [0.1, 0.15) is 18.9 Å². The van der Waals surface area contributed by atoms with Gasteiger partial charge in [-0.25, -0.2) is 9.59 Å². The Morgan fingerprint density at radius 3 is 2.46 bits per heavy atom. The van der Waals surface area contributed by atoms with Crippen molar-refractivity contribution in [3.8, 4) is 0 Å². The molecule has 0 saturated heterocycles. The molecule has 1 amide bonds. The van der Waals surface area contributed by atoms with E-state index in [4.69, 9.17) is 9.47 Å². The van der Waals surface area contributed by atoms with Crippen molar-refractivity contribution in [2.75, 3.05) is 6.61 Å². The summed E-state index contributed by atoms with van der Waals surface area (Å²) in [7, 11) is -1.77. The molecule has 1 aliphatic rings. The van der Waals surface area contributed by atoms with Gasteiger partial charge in [0.1, 0.15) is 12.3 Å². The van der Waals surface area contributed by atoms with Crippen LogP contribution in [0.2, 0.25) is 19.6 Å². The van der Waals surface area contributed by atoms with Gasteiger partial charge in [0.15, 0.2) is 0 Å². The highest BCUT2D eigenvalue weighted by Crippen LogP contribution is 2.26. The van der Waals surface area contributed by atoms with Gasteiger partial charge in [0.25, 0.3) is 0 Å². The summed E-state index contributed by atoms with van der Waals surface area (Å²) in [6, 6.07) is 9.46. The minimum absolute atomic E-state index is 0.111. The van der Waals surface area contributed by atoms with E-state index in [1.54, 1.807) is 6.92 Å². The predicted octanol–water partition coefficient (Wildman–Crippen LogP) is 3.19. The SMILES string of the molecule is CCOC(=O)C1=NN(C(=O)OCc2ccccc2)[C@H]([Si](C)(C)C)C1. The van der Waals surface area contributed by atoms with Crippen LogP contribution >= 0.6 is 0 Å². The topological polar surface area (TPSA) is 68.2 Å². The van der Waals surface area contributed by atoms with E-state index in [-0.39, 0.29) is 18.9 Å². The molecule has 0 fully saturated rings. The van der Waals surface area contributed by atoms with E-state index in [0.29, 0.717) is 12.1 Å². The van der Waals surface area contributed by atoms with E-state index < -0.39 is 20.1 Å². The van der Waals surface area contributed by atoms with Gasteiger partial charge in [-0.1, -0.05) is 50.0 Å². The zero-order valence-corrected chi connectivity index (χ0v) is 15.6. The van der Waals surface area contributed by atoms with Crippen LogP contribution in [0.3, 0.4) is 0 Å². The number of nitrogens with zero attached hydrogens (tertiary/aromatic N) is 2. The monoisotopic (exact) mass is 348 g/mol. The van der Waals surface area contributed by atoms with Crippen LogP contribution in [-0.4, -0.2) is 43.1 Å². The number of benzene rings is 1. The maximum Gasteiger partial charge on any atom is 0.430 e. The summed E-state index contributed by atoms with van der Waals surface area (Å²) < 4.78 is 10.4. The average molecular weight is 348 g/mol. The first-order chi connectivity index (χ1) is 11.3. The minimum Gasteiger partial charge on any atom is -0.461 e. The molecule has 0 spiro atoms. The molecule has 1 atom stereocenters. The van der Waals surface area contributed by atoms with Crippen molar-refractivity contribution >= 4 is 25.8 Å². The van der Waals surface area contributed by atoms with Gasteiger partial charge in [0, 0.05) is 6.42 Å². The number of carbonyl (C=O) groups is 2. The summed E-state index contributed by atoms with van der Waals surface area (Å²) in [5.41, 5.74) is 1.09. The Labute approximate surface area is 143 Å². The van der Waals surface area contributed by atoms with Crippen LogP contribution in [0.4, 0.5) is 4.79 Å². The summed E-state index contributed by atoms with van der Waals surface area (Å²) >= 11 is 0. The number of hydrazone groups is 1. The Morgan fingerprint density at radius 1 is 1.21 bits per heavy atom. The van der Waals surface area contributed by atoms with Gasteiger partial charge in [0.2, 0.25) is 0 Å². The van der Waals surface area contributed by atoms with Crippen LogP contribution in [0.15, 0.2) is 35.4 Å². The molecule has 1 heterocycles. The fourth-order valence-corrected chi connectivity index (χ4v) is 4.18. The van der Waals surface area contributed by atoms with Crippen molar-refractivity contribution in [3.63, 3.8) is 0 Å². The molecule has 0 N–H and O–H groups in total. The zero-order valence-electron chi connectivity index (χ0n) is 14.6. The first-order valence-electron chi connectivity index (χ1n) is 8.07. The Balaban J connectivity index is 2.10. The van der Waals surface area contributed by atoms with E-state index in [0.717, 1.165) is 5.56 Å². The highest BCUT2D eigenvalue weighted by Gasteiger charge is 2.43. The van der Waals surface area contributed by atoms with Gasteiger partial charge in [-0.2, -0.15) is 10.1 Å². The number of carbonyl (C=O) groups excluding carboxylic acids is 2. The van der Waals surface area contributed by atoms with Crippen molar-refractivity contribution in [1.29, 1.82) is 0 Å². The van der Waals surface area contributed by atoms with Gasteiger partial charge >= 0.3 is 12.1 Å². The molecule has 7 heteroatoms. The minimum atomic E-state index is -1.77. The van der Waals surface area contributed by atoms with Crippen molar-refractivity contribution in [3.05, 3.63) is 35.9 Å². The van der Waals surface area contributed by atoms with Crippen molar-refractivity contribution in [2.45, 2.75) is 45.3 Å². The largest absolute Gasteiger partial charge is 0.461 e. The molecule has 0 aliphatic carbocycles. The van der Waals surface area contributed by atoms with Crippen molar-refractivity contribution in [1.82, 2.24) is 5.01 Å². The van der Waals surface area contributed by atoms with Crippen LogP contribution in [0.25, 0.3) is 0 Å². The average Bonchev–Trinajstić information content (AvgIpc) is 2.99. The molecular weight excluding hydrogens is 324 g/mol. The Morgan fingerprint density at radius 2 is 1.88 bits per heavy atom. The van der Waals surface area contributed by atoms with Gasteiger partial charge in [-0.05, 0) is 12.5 Å². The van der Waals surface area contributed by atoms with Crippen LogP contribution < -0.4 is 0 Å². The lowest BCUT2D eigenvalue weighted by Crippen LogP contribution is -2.49. The molecule has 1 aromatic rings. The number of hydrogen-bond acceptors (Lipinski definition) is 5. The van der Waals surface area contributed by atoms with Gasteiger partial charge < -0.3 is 9.47 Å². The highest BCUT2D eigenvalue weighted by molar-refractivity contribution is 6.78. The third-order valence-corrected chi connectivity index (χ3v) is 6.26. The van der Waals surface area contributed by atoms with Crippen LogP contribution in [0.5, 0.6) is 0 Å². The van der Waals surface area contributed by atoms with E-state index in [1.807, 2.05) is 30.3 Å². The van der Waals surface area contributed by atoms with Gasteiger partial charge in [0.05, 0.1) is 20.3 Å². The zero-order chi connectivity index (χ0) is 17.7. The van der Waals surface area contributed by atoms with E-state index in [1.165, 1.54) is 5.01 Å². The molecule has 24 heavy (non-hydrogen) atoms. The number of amides is 1. The summed E-state index contributed by atoms with van der Waals surface area (Å²) in [4.78, 5) is 24.4. The van der Waals surface area contributed by atoms with Crippen molar-refractivity contribution in [2.24, 2.45) is 5.10 Å². The first-order valence-corrected chi connectivity index (χ1v) is 11.6. The quantitative estimate of drug-likeness (QED) is 0.605. The second kappa shape index (κ2) is 7.61. The van der Waals surface area contributed by atoms with Gasteiger partial charge in [-0.3, -0.25) is 0 Å². The molecule has 1 aromatic carbocycles. The second-order valence-corrected chi connectivity index (χ2v) is 12.1. The number of ether oxygens (including phenoxy) is 2. The Hall–Kier alpha value is -2.15. The molecule has 0 radical (unpaired) electrons. The fourth-order valence-electron chi connectivity index (χ4n) is 2.48. The standard InChI is InChI=1S/C17H24N2O4Si/c1-5-22-16(20)14-11-15(24(2,3)4)19(18-14)17(21)23-12-13-9-7-6-8-10-13/h6-10,15H,5,11-12H2,1-4H3/t15-/m1/s1. The summed E-state index contributed by atoms with van der Waals surface area (Å²) in [5.74, 6) is -0.459. The lowest BCUT2D eigenvalue weighted by Gasteiger charge is -2.30. The molecule has 1 aliphatic heterocycles. The molecule has 0 aromatic heterocycles. The lowest BCUT2D eigenvalue weighted by molar-refractivity contribution is -0.135. The summed E-state index contributed by atoms with van der Waals surface area (Å²) in [5, 5.41) is 5.54. The van der Waals surface area contributed by atoms with E-state index >= 15 is 0 Å². The number of hydrogen-bond donors (Lipinski definition) is 0. The third kappa shape index (κ3) is 4.44. The molecule has 2 rings (SSSR count). The number of esters is 1. The summed E-state index contributed by atoms with van der Waals surface area (Å²) in [6.45, 7) is 8.62. The lowest BCUT2D eigenvalue weighted by atomic mass is 10.2. The smallest absolute Gasteiger partial charge is 0.430 e. The van der Waals surface area contributed by atoms with E-state index in [2.05, 4.69) is 24.7 Å². The maximum atomic E-state index is 12.5. The third-order valence-electron chi connectivity index (χ3n) is 3.81. The molecule has 0 saturated carbocycles. The molecular formula is C17H24N2O4Si. The second-order valence-electron chi connectivity index (χ2n) is 6.74. The first kappa shape index (κ1) is 18.2. The normalized spacial score (nSPS) is 17.4. The molecule has 0 bridgehead atoms. The molecule has 6 nitrogen and oxygen atoms in total. The van der Waals surface area contributed by atoms with Gasteiger partial charge in [-0.15, -0.1) is 0 Å². The predicted molar refractivity (Wildman–Crippen MR) is 94.3 cm³/mol. The fraction of sp³-hybridized carbons (Fsp3) is 0.471. The van der Waals surface area contributed by atoms with Crippen molar-refractivity contribution < 1.29 is 19.1 Å². The maximum absolute atomic E-state index is 12.5. The highest BCUT2D eigenvalue weighted by atomic mass is 28.3. The number of rotatable bonds is 5.